The van der Waals surface area contributed by atoms with Crippen molar-refractivity contribution in [2.45, 2.75) is 153 Å². The fourth-order valence-corrected chi connectivity index (χ4v) is 7.99. The molecule has 6 nitrogen and oxygen atoms in total. The third kappa shape index (κ3) is 9.62. The summed E-state index contributed by atoms with van der Waals surface area (Å²) in [5.74, 6) is 0.213. The van der Waals surface area contributed by atoms with Gasteiger partial charge in [-0.2, -0.15) is 4.31 Å². The van der Waals surface area contributed by atoms with E-state index in [1.807, 2.05) is 46.8 Å². The Morgan fingerprint density at radius 1 is 0.674 bits per heavy atom. The lowest BCUT2D eigenvalue weighted by Crippen LogP contribution is -2.45. The van der Waals surface area contributed by atoms with E-state index in [-0.39, 0.29) is 27.6 Å². The van der Waals surface area contributed by atoms with Gasteiger partial charge in [-0.05, 0) is 117 Å². The van der Waals surface area contributed by atoms with E-state index in [0.29, 0.717) is 17.7 Å². The van der Waals surface area contributed by atoms with Gasteiger partial charge in [-0.15, -0.1) is 0 Å². The van der Waals surface area contributed by atoms with Crippen LogP contribution in [-0.2, 0) is 30.9 Å². The van der Waals surface area contributed by atoms with E-state index in [4.69, 9.17) is 0 Å². The highest BCUT2D eigenvalue weighted by Gasteiger charge is 2.35. The maximum absolute atomic E-state index is 14.0. The minimum Gasteiger partial charge on any atom is -0.207 e. The Morgan fingerprint density at radius 2 is 1.12 bits per heavy atom. The van der Waals surface area contributed by atoms with Gasteiger partial charge in [-0.1, -0.05) is 74.4 Å². The highest BCUT2D eigenvalue weighted by atomic mass is 32.2. The zero-order chi connectivity index (χ0) is 33.6. The molecule has 43 heavy (non-hydrogen) atoms. The number of benzene rings is 2. The zero-order valence-corrected chi connectivity index (χ0v) is 31.1. The van der Waals surface area contributed by atoms with Crippen molar-refractivity contribution >= 4 is 20.0 Å². The zero-order valence-electron chi connectivity index (χ0n) is 29.4. The molecule has 0 aromatic heterocycles. The molecule has 1 N–H and O–H groups in total. The van der Waals surface area contributed by atoms with Crippen LogP contribution in [0.1, 0.15) is 144 Å². The van der Waals surface area contributed by atoms with Crippen molar-refractivity contribution in [1.29, 1.82) is 0 Å². The number of sulfonamides is 2. The van der Waals surface area contributed by atoms with Gasteiger partial charge >= 0.3 is 0 Å². The van der Waals surface area contributed by atoms with Gasteiger partial charge in [0.05, 0.1) is 9.79 Å². The maximum atomic E-state index is 14.0. The maximum Gasteiger partial charge on any atom is 0.243 e. The van der Waals surface area contributed by atoms with Gasteiger partial charge in [0.1, 0.15) is 0 Å². The second kappa shape index (κ2) is 12.6. The van der Waals surface area contributed by atoms with E-state index >= 15 is 0 Å². The van der Waals surface area contributed by atoms with Gasteiger partial charge in [-0.3, -0.25) is 0 Å². The van der Waals surface area contributed by atoms with Crippen LogP contribution in [0.3, 0.4) is 0 Å². The molecule has 0 fully saturated rings. The fraction of sp³-hybridized carbons (Fsp3) is 0.657. The summed E-state index contributed by atoms with van der Waals surface area (Å²) in [6.45, 7) is 28.2. The number of rotatable bonds is 10. The molecule has 0 aliphatic carbocycles. The van der Waals surface area contributed by atoms with E-state index in [1.165, 1.54) is 4.31 Å². The lowest BCUT2D eigenvalue weighted by atomic mass is 9.83. The topological polar surface area (TPSA) is 83.6 Å². The standard InChI is InChI=1S/C35H58N2O4S2/c1-24(2)26-18-28(32(4,5)6)23-31(20-26)43(40,41)37(15)35(13,14)17-16-25(3)27-19-29(33(7,8)9)22-30(21-27)42(38,39)36-34(10,11)12/h18-25,36H,16-17H2,1-15H3. The third-order valence-electron chi connectivity index (χ3n) is 8.28. The van der Waals surface area contributed by atoms with Crippen LogP contribution in [-0.4, -0.2) is 39.3 Å². The Kier molecular flexibility index (Phi) is 10.9. The van der Waals surface area contributed by atoms with Crippen LogP contribution in [0.5, 0.6) is 0 Å². The summed E-state index contributed by atoms with van der Waals surface area (Å²) in [5.41, 5.74) is 2.18. The van der Waals surface area contributed by atoms with Crippen LogP contribution >= 0.6 is 0 Å². The molecule has 2 aromatic rings. The smallest absolute Gasteiger partial charge is 0.207 e. The van der Waals surface area contributed by atoms with Gasteiger partial charge in [0, 0.05) is 18.1 Å². The Labute approximate surface area is 264 Å². The van der Waals surface area contributed by atoms with Crippen LogP contribution in [0.25, 0.3) is 0 Å². The molecule has 0 aliphatic heterocycles. The minimum atomic E-state index is -3.77. The molecule has 1 unspecified atom stereocenters. The molecule has 2 rings (SSSR count). The molecule has 8 heteroatoms. The summed E-state index contributed by atoms with van der Waals surface area (Å²) < 4.78 is 59.0. The molecular formula is C35H58N2O4S2. The van der Waals surface area contributed by atoms with Crippen molar-refractivity contribution in [2.75, 3.05) is 7.05 Å². The number of hydrogen-bond donors (Lipinski definition) is 1. The van der Waals surface area contributed by atoms with Gasteiger partial charge in [0.15, 0.2) is 0 Å². The molecule has 244 valence electrons. The molecule has 0 saturated heterocycles. The van der Waals surface area contributed by atoms with Crippen LogP contribution < -0.4 is 4.72 Å². The largest absolute Gasteiger partial charge is 0.243 e. The SMILES string of the molecule is CC(C)c1cc(C(C)(C)C)cc(S(=O)(=O)N(C)C(C)(C)CCC(C)c2cc(C(C)(C)C)cc(S(=O)(=O)NC(C)(C)C)c2)c1. The van der Waals surface area contributed by atoms with Crippen molar-refractivity contribution in [1.82, 2.24) is 9.03 Å². The van der Waals surface area contributed by atoms with Crippen LogP contribution in [0.15, 0.2) is 46.2 Å². The highest BCUT2D eigenvalue weighted by molar-refractivity contribution is 7.89. The van der Waals surface area contributed by atoms with Gasteiger partial charge in [0.2, 0.25) is 20.0 Å². The second-order valence-electron chi connectivity index (χ2n) is 16.3. The number of nitrogens with zero attached hydrogens (tertiary/aromatic N) is 1. The van der Waals surface area contributed by atoms with Crippen molar-refractivity contribution in [2.24, 2.45) is 0 Å². The molecule has 0 spiro atoms. The molecule has 0 bridgehead atoms. The Balaban J connectivity index is 2.44. The van der Waals surface area contributed by atoms with Crippen LogP contribution in [0, 0.1) is 0 Å². The molecule has 0 saturated carbocycles. The van der Waals surface area contributed by atoms with E-state index in [9.17, 15) is 16.8 Å². The normalized spacial score (nSPS) is 14.9. The molecule has 0 radical (unpaired) electrons. The molecular weight excluding hydrogens is 577 g/mol. The minimum absolute atomic E-state index is 0.0121. The van der Waals surface area contributed by atoms with E-state index in [1.54, 1.807) is 19.2 Å². The third-order valence-corrected chi connectivity index (χ3v) is 12.1. The van der Waals surface area contributed by atoms with Crippen LogP contribution in [0.2, 0.25) is 0 Å². The highest BCUT2D eigenvalue weighted by Crippen LogP contribution is 2.36. The lowest BCUT2D eigenvalue weighted by Gasteiger charge is -2.36. The summed E-state index contributed by atoms with van der Waals surface area (Å²) in [6.07, 6.45) is 1.29. The summed E-state index contributed by atoms with van der Waals surface area (Å²) in [5, 5.41) is 0. The summed E-state index contributed by atoms with van der Waals surface area (Å²) in [6, 6.07) is 11.4. The first-order chi connectivity index (χ1) is 19.1. The molecule has 2 aromatic carbocycles. The molecule has 0 amide bonds. The summed E-state index contributed by atoms with van der Waals surface area (Å²) >= 11 is 0. The quantitative estimate of drug-likeness (QED) is 0.284. The molecule has 1 atom stereocenters. The lowest BCUT2D eigenvalue weighted by molar-refractivity contribution is 0.238. The number of hydrogen-bond acceptors (Lipinski definition) is 4. The first-order valence-electron chi connectivity index (χ1n) is 15.4. The average molecular weight is 635 g/mol. The van der Waals surface area contributed by atoms with Crippen molar-refractivity contribution in [3.8, 4) is 0 Å². The van der Waals surface area contributed by atoms with E-state index in [0.717, 1.165) is 22.3 Å². The van der Waals surface area contributed by atoms with Gasteiger partial charge in [-0.25, -0.2) is 21.6 Å². The van der Waals surface area contributed by atoms with Gasteiger partial charge in [0.25, 0.3) is 0 Å². The van der Waals surface area contributed by atoms with Crippen molar-refractivity contribution in [3.63, 3.8) is 0 Å². The first-order valence-corrected chi connectivity index (χ1v) is 18.3. The monoisotopic (exact) mass is 634 g/mol. The van der Waals surface area contributed by atoms with Crippen LogP contribution in [0.4, 0.5) is 0 Å². The molecule has 0 aliphatic rings. The second-order valence-corrected chi connectivity index (χ2v) is 20.0. The van der Waals surface area contributed by atoms with Crippen molar-refractivity contribution in [3.05, 3.63) is 58.7 Å². The Bertz CT molecular complexity index is 1500. The Hall–Kier alpha value is -1.74. The summed E-state index contributed by atoms with van der Waals surface area (Å²) in [7, 11) is -5.83. The summed E-state index contributed by atoms with van der Waals surface area (Å²) in [4.78, 5) is 0.585. The predicted molar refractivity (Wildman–Crippen MR) is 181 cm³/mol. The van der Waals surface area contributed by atoms with E-state index < -0.39 is 31.1 Å². The Morgan fingerprint density at radius 3 is 1.56 bits per heavy atom. The fourth-order valence-electron chi connectivity index (χ4n) is 4.87. The van der Waals surface area contributed by atoms with E-state index in [2.05, 4.69) is 79.2 Å². The van der Waals surface area contributed by atoms with Gasteiger partial charge < -0.3 is 0 Å². The molecule has 0 heterocycles. The average Bonchev–Trinajstić information content (AvgIpc) is 2.83. The number of nitrogens with one attached hydrogen (secondary N) is 1. The van der Waals surface area contributed by atoms with Crippen molar-refractivity contribution < 1.29 is 16.8 Å². The predicted octanol–water partition coefficient (Wildman–Crippen LogP) is 8.46. The first kappa shape index (κ1) is 37.4.